The van der Waals surface area contributed by atoms with Crippen molar-refractivity contribution in [2.45, 2.75) is 212 Å². The van der Waals surface area contributed by atoms with Crippen LogP contribution in [0.4, 0.5) is 0 Å². The van der Waals surface area contributed by atoms with E-state index in [1.165, 1.54) is 103 Å². The summed E-state index contributed by atoms with van der Waals surface area (Å²) in [5.41, 5.74) is 0. The Morgan fingerprint density at radius 1 is 0.587 bits per heavy atom. The van der Waals surface area contributed by atoms with Gasteiger partial charge in [-0.3, -0.25) is 9.35 Å². The lowest BCUT2D eigenvalue weighted by Gasteiger charge is -2.23. The number of hydrogen-bond acceptors (Lipinski definition) is 4. The Morgan fingerprint density at radius 2 is 1.02 bits per heavy atom. The average molecular weight is 670 g/mol. The van der Waals surface area contributed by atoms with E-state index in [4.69, 9.17) is 0 Å². The molecule has 3 N–H and O–H groups in total. The molecule has 2 atom stereocenters. The molecular formula is C39H75NO5S. The normalized spacial score (nSPS) is 13.6. The zero-order chi connectivity index (χ0) is 34.0. The van der Waals surface area contributed by atoms with Crippen molar-refractivity contribution in [2.24, 2.45) is 0 Å². The maximum Gasteiger partial charge on any atom is 0.266 e. The molecule has 6 nitrogen and oxygen atoms in total. The number of rotatable bonds is 35. The molecule has 0 aliphatic rings. The second-order valence-corrected chi connectivity index (χ2v) is 15.1. The molecule has 0 aromatic rings. The third-order valence-corrected chi connectivity index (χ3v) is 9.67. The van der Waals surface area contributed by atoms with Crippen LogP contribution in [-0.2, 0) is 14.9 Å². The first-order valence-electron chi connectivity index (χ1n) is 19.5. The van der Waals surface area contributed by atoms with E-state index in [1.54, 1.807) is 0 Å². The predicted molar refractivity (Wildman–Crippen MR) is 198 cm³/mol. The van der Waals surface area contributed by atoms with Gasteiger partial charge < -0.3 is 10.4 Å². The summed E-state index contributed by atoms with van der Waals surface area (Å²) < 4.78 is 32.5. The van der Waals surface area contributed by atoms with Crippen LogP contribution in [0.5, 0.6) is 0 Å². The van der Waals surface area contributed by atoms with Gasteiger partial charge in [0.15, 0.2) is 0 Å². The van der Waals surface area contributed by atoms with Crippen molar-refractivity contribution < 1.29 is 22.9 Å². The van der Waals surface area contributed by atoms with Gasteiger partial charge in [-0.1, -0.05) is 179 Å². The van der Waals surface area contributed by atoms with Gasteiger partial charge in [0, 0.05) is 6.42 Å². The SMILES string of the molecule is CCC/C=C\C/C=C\CCCCCCCC(=O)NC(CS(=O)(=O)O)C(O)CCCCCCCCCCCCCCCCCCCC. The molecule has 272 valence electrons. The molecule has 0 aromatic carbocycles. The molecule has 0 aromatic heterocycles. The number of hydrogen-bond donors (Lipinski definition) is 3. The summed E-state index contributed by atoms with van der Waals surface area (Å²) in [6.07, 6.45) is 41.2. The highest BCUT2D eigenvalue weighted by atomic mass is 32.2. The van der Waals surface area contributed by atoms with Crippen molar-refractivity contribution >= 4 is 16.0 Å². The van der Waals surface area contributed by atoms with Gasteiger partial charge in [-0.25, -0.2) is 0 Å². The number of amides is 1. The number of aliphatic hydroxyl groups is 1. The van der Waals surface area contributed by atoms with Gasteiger partial charge in [0.1, 0.15) is 0 Å². The Bertz CT molecular complexity index is 826. The molecule has 0 fully saturated rings. The minimum absolute atomic E-state index is 0.260. The third kappa shape index (κ3) is 34.2. The summed E-state index contributed by atoms with van der Waals surface area (Å²) in [6, 6.07) is -0.975. The van der Waals surface area contributed by atoms with E-state index in [-0.39, 0.29) is 5.91 Å². The smallest absolute Gasteiger partial charge is 0.266 e. The molecule has 0 saturated carbocycles. The van der Waals surface area contributed by atoms with Crippen LogP contribution in [-0.4, -0.2) is 41.9 Å². The predicted octanol–water partition coefficient (Wildman–Crippen LogP) is 11.2. The van der Waals surface area contributed by atoms with E-state index in [9.17, 15) is 22.9 Å². The average Bonchev–Trinajstić information content (AvgIpc) is 3.01. The highest BCUT2D eigenvalue weighted by Gasteiger charge is 2.26. The lowest BCUT2D eigenvalue weighted by molar-refractivity contribution is -0.122. The zero-order valence-electron chi connectivity index (χ0n) is 30.2. The molecule has 1 amide bonds. The van der Waals surface area contributed by atoms with Gasteiger partial charge in [0.25, 0.3) is 10.1 Å². The highest BCUT2D eigenvalue weighted by Crippen LogP contribution is 2.16. The van der Waals surface area contributed by atoms with E-state index in [1.807, 2.05) is 0 Å². The van der Waals surface area contributed by atoms with Crippen molar-refractivity contribution in [3.63, 3.8) is 0 Å². The molecule has 0 radical (unpaired) electrons. The summed E-state index contributed by atoms with van der Waals surface area (Å²) in [4.78, 5) is 12.5. The van der Waals surface area contributed by atoms with Crippen LogP contribution in [0, 0.1) is 0 Å². The maximum atomic E-state index is 12.5. The monoisotopic (exact) mass is 670 g/mol. The molecule has 0 spiro atoms. The summed E-state index contributed by atoms with van der Waals surface area (Å²) >= 11 is 0. The fourth-order valence-corrected chi connectivity index (χ4v) is 6.72. The van der Waals surface area contributed by atoms with Crippen molar-refractivity contribution in [2.75, 3.05) is 5.75 Å². The van der Waals surface area contributed by atoms with E-state index in [0.717, 1.165) is 70.6 Å². The van der Waals surface area contributed by atoms with Gasteiger partial charge >= 0.3 is 0 Å². The van der Waals surface area contributed by atoms with Gasteiger partial charge in [-0.05, 0) is 38.5 Å². The number of unbranched alkanes of at least 4 members (excludes halogenated alkanes) is 23. The van der Waals surface area contributed by atoms with Crippen LogP contribution >= 0.6 is 0 Å². The number of nitrogens with one attached hydrogen (secondary N) is 1. The van der Waals surface area contributed by atoms with E-state index >= 15 is 0 Å². The van der Waals surface area contributed by atoms with E-state index in [2.05, 4.69) is 43.5 Å². The molecule has 0 rings (SSSR count). The lowest BCUT2D eigenvalue weighted by Crippen LogP contribution is -2.47. The standard InChI is InChI=1S/C39H75NO5S/c1-3-5-7-9-11-13-15-17-18-19-20-21-23-24-26-28-30-32-34-38(41)37(36-46(43,44)45)40-39(42)35-33-31-29-27-25-22-16-14-12-10-8-6-4-2/h8,10,14,16,37-38,41H,3-7,9,11-13,15,17-36H2,1-2H3,(H,40,42)(H,43,44,45)/b10-8-,16-14-. The second-order valence-electron chi connectivity index (χ2n) is 13.6. The third-order valence-electron chi connectivity index (χ3n) is 8.89. The lowest BCUT2D eigenvalue weighted by atomic mass is 10.0. The van der Waals surface area contributed by atoms with Crippen LogP contribution in [0.2, 0.25) is 0 Å². The molecule has 2 unspecified atom stereocenters. The molecule has 7 heteroatoms. The molecule has 0 bridgehead atoms. The Kier molecular flexibility index (Phi) is 32.8. The van der Waals surface area contributed by atoms with Gasteiger partial charge in [0.2, 0.25) is 5.91 Å². The minimum Gasteiger partial charge on any atom is -0.391 e. The molecular weight excluding hydrogens is 594 g/mol. The van der Waals surface area contributed by atoms with Crippen molar-refractivity contribution in [3.8, 4) is 0 Å². The van der Waals surface area contributed by atoms with Gasteiger partial charge in [0.05, 0.1) is 17.9 Å². The number of aliphatic hydroxyl groups excluding tert-OH is 1. The first-order chi connectivity index (χ1) is 22.3. The Hall–Kier alpha value is -1.18. The van der Waals surface area contributed by atoms with Crippen LogP contribution in [0.3, 0.4) is 0 Å². The maximum absolute atomic E-state index is 12.5. The molecule has 46 heavy (non-hydrogen) atoms. The molecule has 0 aliphatic carbocycles. The largest absolute Gasteiger partial charge is 0.391 e. The second kappa shape index (κ2) is 33.7. The number of carbonyl (C=O) groups is 1. The fourth-order valence-electron chi connectivity index (χ4n) is 5.96. The Morgan fingerprint density at radius 3 is 1.50 bits per heavy atom. The molecule has 0 saturated heterocycles. The minimum atomic E-state index is -4.31. The first-order valence-corrected chi connectivity index (χ1v) is 21.1. The molecule has 0 aliphatic heterocycles. The number of allylic oxidation sites excluding steroid dienone is 4. The summed E-state index contributed by atoms with van der Waals surface area (Å²) in [7, 11) is -4.31. The highest BCUT2D eigenvalue weighted by molar-refractivity contribution is 7.85. The summed E-state index contributed by atoms with van der Waals surface area (Å²) in [5, 5.41) is 13.3. The van der Waals surface area contributed by atoms with Gasteiger partial charge in [-0.2, -0.15) is 8.42 Å². The van der Waals surface area contributed by atoms with Crippen molar-refractivity contribution in [1.82, 2.24) is 5.32 Å². The Labute approximate surface area is 285 Å². The fraction of sp³-hybridized carbons (Fsp3) is 0.872. The van der Waals surface area contributed by atoms with E-state index < -0.39 is 28.0 Å². The number of carbonyl (C=O) groups excluding carboxylic acids is 1. The van der Waals surface area contributed by atoms with Crippen LogP contribution in [0.1, 0.15) is 200 Å². The molecule has 0 heterocycles. The van der Waals surface area contributed by atoms with Crippen LogP contribution in [0.25, 0.3) is 0 Å². The topological polar surface area (TPSA) is 104 Å². The first kappa shape index (κ1) is 44.8. The van der Waals surface area contributed by atoms with Crippen molar-refractivity contribution in [3.05, 3.63) is 24.3 Å². The van der Waals surface area contributed by atoms with Crippen molar-refractivity contribution in [1.29, 1.82) is 0 Å². The van der Waals surface area contributed by atoms with Crippen LogP contribution < -0.4 is 5.32 Å². The zero-order valence-corrected chi connectivity index (χ0v) is 31.0. The quantitative estimate of drug-likeness (QED) is 0.0354. The summed E-state index contributed by atoms with van der Waals surface area (Å²) in [6.45, 7) is 4.45. The van der Waals surface area contributed by atoms with Gasteiger partial charge in [-0.15, -0.1) is 0 Å². The Balaban J connectivity index is 3.88. The van der Waals surface area contributed by atoms with E-state index in [0.29, 0.717) is 12.8 Å². The van der Waals surface area contributed by atoms with Crippen LogP contribution in [0.15, 0.2) is 24.3 Å². The summed E-state index contributed by atoms with van der Waals surface area (Å²) in [5.74, 6) is -0.912.